The quantitative estimate of drug-likeness (QED) is 0.881. The Labute approximate surface area is 144 Å². The van der Waals surface area contributed by atoms with E-state index >= 15 is 0 Å². The molecule has 1 aliphatic heterocycles. The third kappa shape index (κ3) is 3.81. The van der Waals surface area contributed by atoms with Crippen molar-refractivity contribution in [2.45, 2.75) is 19.4 Å². The molecular formula is C18H16ClN3O2. The molecule has 2 aromatic carbocycles. The Morgan fingerprint density at radius 3 is 2.71 bits per heavy atom. The number of benzene rings is 2. The first-order chi connectivity index (χ1) is 11.5. The van der Waals surface area contributed by atoms with Crippen LogP contribution >= 0.6 is 11.6 Å². The molecule has 0 bridgehead atoms. The van der Waals surface area contributed by atoms with Gasteiger partial charge in [0.2, 0.25) is 11.9 Å². The first-order valence-electron chi connectivity index (χ1n) is 7.52. The minimum absolute atomic E-state index is 0.154. The molecule has 0 spiro atoms. The van der Waals surface area contributed by atoms with Crippen molar-refractivity contribution < 1.29 is 9.59 Å². The lowest BCUT2D eigenvalue weighted by atomic mass is 10.0. The summed E-state index contributed by atoms with van der Waals surface area (Å²) < 4.78 is 0. The second kappa shape index (κ2) is 6.84. The monoisotopic (exact) mass is 341 g/mol. The Balaban J connectivity index is 1.80. The SMILES string of the molecule is Cc1ccc([C@@H]2CC(=O)NC(NC(=O)c3cccc(Cl)c3)=N2)cc1. The van der Waals surface area contributed by atoms with Crippen molar-refractivity contribution in [3.05, 3.63) is 70.2 Å². The molecule has 0 fully saturated rings. The smallest absolute Gasteiger partial charge is 0.258 e. The third-order valence-electron chi connectivity index (χ3n) is 3.70. The van der Waals surface area contributed by atoms with Gasteiger partial charge in [-0.1, -0.05) is 47.5 Å². The van der Waals surface area contributed by atoms with Crippen LogP contribution in [0.15, 0.2) is 53.5 Å². The minimum atomic E-state index is -0.374. The molecule has 6 heteroatoms. The highest BCUT2D eigenvalue weighted by atomic mass is 35.5. The summed E-state index contributed by atoms with van der Waals surface area (Å²) >= 11 is 5.89. The summed E-state index contributed by atoms with van der Waals surface area (Å²) in [5.41, 5.74) is 2.47. The van der Waals surface area contributed by atoms with E-state index in [2.05, 4.69) is 15.6 Å². The fourth-order valence-corrected chi connectivity index (χ4v) is 2.64. The van der Waals surface area contributed by atoms with E-state index in [1.807, 2.05) is 31.2 Å². The van der Waals surface area contributed by atoms with Gasteiger partial charge in [0, 0.05) is 10.6 Å². The standard InChI is InChI=1S/C18H16ClN3O2/c1-11-5-7-12(8-6-11)15-10-16(23)21-18(20-15)22-17(24)13-3-2-4-14(19)9-13/h2-9,15H,10H2,1H3,(H2,20,21,22,23,24)/t15-/m0/s1. The lowest BCUT2D eigenvalue weighted by Crippen LogP contribution is -2.47. The first-order valence-corrected chi connectivity index (χ1v) is 7.90. The highest BCUT2D eigenvalue weighted by Gasteiger charge is 2.23. The zero-order valence-corrected chi connectivity index (χ0v) is 13.8. The second-order valence-electron chi connectivity index (χ2n) is 5.62. The summed E-state index contributed by atoms with van der Waals surface area (Å²) in [7, 11) is 0. The van der Waals surface area contributed by atoms with Crippen LogP contribution in [-0.4, -0.2) is 17.8 Å². The highest BCUT2D eigenvalue weighted by molar-refractivity contribution is 6.31. The number of halogens is 1. The van der Waals surface area contributed by atoms with Gasteiger partial charge in [0.25, 0.3) is 5.91 Å². The van der Waals surface area contributed by atoms with Crippen LogP contribution in [0.5, 0.6) is 0 Å². The number of hydrogen-bond donors (Lipinski definition) is 2. The molecule has 0 aromatic heterocycles. The number of guanidine groups is 1. The Bertz CT molecular complexity index is 815. The first kappa shape index (κ1) is 16.2. The van der Waals surface area contributed by atoms with Gasteiger partial charge in [0.1, 0.15) is 0 Å². The van der Waals surface area contributed by atoms with Crippen LogP contribution < -0.4 is 10.6 Å². The predicted molar refractivity (Wildman–Crippen MR) is 93.0 cm³/mol. The Morgan fingerprint density at radius 2 is 2.00 bits per heavy atom. The number of aryl methyl sites for hydroxylation is 1. The summed E-state index contributed by atoms with van der Waals surface area (Å²) in [4.78, 5) is 28.6. The number of aliphatic imine (C=N–C) groups is 1. The number of amides is 2. The zero-order chi connectivity index (χ0) is 17.1. The molecule has 1 heterocycles. The molecule has 122 valence electrons. The maximum Gasteiger partial charge on any atom is 0.258 e. The molecule has 0 saturated carbocycles. The Kier molecular flexibility index (Phi) is 4.62. The van der Waals surface area contributed by atoms with E-state index in [0.29, 0.717) is 10.6 Å². The van der Waals surface area contributed by atoms with Crippen LogP contribution in [-0.2, 0) is 4.79 Å². The molecule has 2 aromatic rings. The van der Waals surface area contributed by atoms with Crippen molar-refractivity contribution in [3.8, 4) is 0 Å². The van der Waals surface area contributed by atoms with Crippen LogP contribution in [0.25, 0.3) is 0 Å². The van der Waals surface area contributed by atoms with E-state index in [1.165, 1.54) is 0 Å². The summed E-state index contributed by atoms with van der Waals surface area (Å²) in [6.45, 7) is 2.00. The molecule has 1 aliphatic rings. The summed E-state index contributed by atoms with van der Waals surface area (Å²) in [6.07, 6.45) is 0.250. The van der Waals surface area contributed by atoms with Crippen LogP contribution in [0, 0.1) is 6.92 Å². The molecule has 2 amide bonds. The van der Waals surface area contributed by atoms with Crippen LogP contribution in [0.2, 0.25) is 5.02 Å². The number of carbonyl (C=O) groups is 2. The van der Waals surface area contributed by atoms with Crippen LogP contribution in [0.3, 0.4) is 0 Å². The van der Waals surface area contributed by atoms with E-state index in [9.17, 15) is 9.59 Å². The van der Waals surface area contributed by atoms with Gasteiger partial charge >= 0.3 is 0 Å². The van der Waals surface area contributed by atoms with Gasteiger partial charge in [-0.05, 0) is 30.7 Å². The normalized spacial score (nSPS) is 17.0. The molecule has 24 heavy (non-hydrogen) atoms. The maximum atomic E-state index is 12.3. The summed E-state index contributed by atoms with van der Waals surface area (Å²) in [5, 5.41) is 5.68. The lowest BCUT2D eigenvalue weighted by Gasteiger charge is -2.21. The van der Waals surface area contributed by atoms with Gasteiger partial charge in [-0.25, -0.2) is 4.99 Å². The average molecular weight is 342 g/mol. The van der Waals surface area contributed by atoms with E-state index in [-0.39, 0.29) is 30.2 Å². The van der Waals surface area contributed by atoms with Gasteiger partial charge in [-0.3, -0.25) is 20.2 Å². The Morgan fingerprint density at radius 1 is 1.25 bits per heavy atom. The van der Waals surface area contributed by atoms with Crippen molar-refractivity contribution in [1.82, 2.24) is 10.6 Å². The van der Waals surface area contributed by atoms with Gasteiger partial charge in [0.05, 0.1) is 12.5 Å². The van der Waals surface area contributed by atoms with Crippen molar-refractivity contribution in [2.75, 3.05) is 0 Å². The molecule has 0 aliphatic carbocycles. The third-order valence-corrected chi connectivity index (χ3v) is 3.94. The highest BCUT2D eigenvalue weighted by Crippen LogP contribution is 2.23. The maximum absolute atomic E-state index is 12.3. The van der Waals surface area contributed by atoms with E-state index < -0.39 is 0 Å². The summed E-state index contributed by atoms with van der Waals surface area (Å²) in [6, 6.07) is 14.1. The molecule has 2 N–H and O–H groups in total. The van der Waals surface area contributed by atoms with E-state index in [0.717, 1.165) is 11.1 Å². The number of carbonyl (C=O) groups excluding carboxylic acids is 2. The molecule has 1 atom stereocenters. The number of rotatable bonds is 2. The van der Waals surface area contributed by atoms with Crippen molar-refractivity contribution in [2.24, 2.45) is 4.99 Å². The topological polar surface area (TPSA) is 70.6 Å². The zero-order valence-electron chi connectivity index (χ0n) is 13.0. The summed E-state index contributed by atoms with van der Waals surface area (Å²) in [5.74, 6) is -0.403. The van der Waals surface area contributed by atoms with Crippen molar-refractivity contribution in [3.63, 3.8) is 0 Å². The van der Waals surface area contributed by atoms with Gasteiger partial charge in [-0.15, -0.1) is 0 Å². The van der Waals surface area contributed by atoms with Crippen molar-refractivity contribution >= 4 is 29.4 Å². The minimum Gasteiger partial charge on any atom is -0.296 e. The second-order valence-corrected chi connectivity index (χ2v) is 6.06. The molecule has 3 rings (SSSR count). The van der Waals surface area contributed by atoms with Gasteiger partial charge < -0.3 is 0 Å². The number of hydrogen-bond acceptors (Lipinski definition) is 3. The molecule has 0 radical (unpaired) electrons. The number of nitrogens with zero attached hydrogens (tertiary/aromatic N) is 1. The molecular weight excluding hydrogens is 326 g/mol. The number of nitrogens with one attached hydrogen (secondary N) is 2. The van der Waals surface area contributed by atoms with Crippen LogP contribution in [0.4, 0.5) is 0 Å². The fourth-order valence-electron chi connectivity index (χ4n) is 2.45. The average Bonchev–Trinajstić information content (AvgIpc) is 2.55. The fraction of sp³-hybridized carbons (Fsp3) is 0.167. The lowest BCUT2D eigenvalue weighted by molar-refractivity contribution is -0.120. The van der Waals surface area contributed by atoms with Crippen molar-refractivity contribution in [1.29, 1.82) is 0 Å². The molecule has 0 unspecified atom stereocenters. The predicted octanol–water partition coefficient (Wildman–Crippen LogP) is 3.00. The van der Waals surface area contributed by atoms with Gasteiger partial charge in [0.15, 0.2) is 0 Å². The largest absolute Gasteiger partial charge is 0.296 e. The molecule has 5 nitrogen and oxygen atoms in total. The Hall–Kier alpha value is -2.66. The molecule has 0 saturated heterocycles. The van der Waals surface area contributed by atoms with Crippen LogP contribution in [0.1, 0.15) is 33.9 Å². The van der Waals surface area contributed by atoms with E-state index in [4.69, 9.17) is 11.6 Å². The van der Waals surface area contributed by atoms with E-state index in [1.54, 1.807) is 24.3 Å². The van der Waals surface area contributed by atoms with Gasteiger partial charge in [-0.2, -0.15) is 0 Å².